The number of benzene rings is 1. The summed E-state index contributed by atoms with van der Waals surface area (Å²) in [5.41, 5.74) is 0.715. The van der Waals surface area contributed by atoms with E-state index in [4.69, 9.17) is 9.31 Å². The van der Waals surface area contributed by atoms with E-state index >= 15 is 0 Å². The molecule has 102 valence electrons. The number of rotatable bonds is 4. The first kappa shape index (κ1) is 14.4. The van der Waals surface area contributed by atoms with Crippen molar-refractivity contribution in [2.45, 2.75) is 51.1 Å². The van der Waals surface area contributed by atoms with Gasteiger partial charge in [0, 0.05) is 5.82 Å². The summed E-state index contributed by atoms with van der Waals surface area (Å²) in [7, 11) is -0.220. The predicted octanol–water partition coefficient (Wildman–Crippen LogP) is 3.88. The molecule has 1 aromatic rings. The largest absolute Gasteiger partial charge is 0.465 e. The fourth-order valence-corrected chi connectivity index (χ4v) is 2.24. The van der Waals surface area contributed by atoms with Crippen LogP contribution in [0.5, 0.6) is 0 Å². The average molecular weight is 258 g/mol. The second-order valence-electron chi connectivity index (χ2n) is 6.21. The van der Waals surface area contributed by atoms with Crippen LogP contribution in [-0.2, 0) is 15.7 Å². The van der Waals surface area contributed by atoms with Gasteiger partial charge in [-0.1, -0.05) is 36.4 Å². The highest BCUT2D eigenvalue weighted by Gasteiger charge is 2.53. The molecular formula is C16H23BO2. The summed E-state index contributed by atoms with van der Waals surface area (Å²) in [5.74, 6) is 0.170. The fraction of sp³-hybridized carbons (Fsp3) is 0.500. The van der Waals surface area contributed by atoms with Crippen molar-refractivity contribution in [2.75, 3.05) is 0 Å². The molecular weight excluding hydrogens is 235 g/mol. The van der Waals surface area contributed by atoms with E-state index in [-0.39, 0.29) is 24.1 Å². The number of hydrogen-bond donors (Lipinski definition) is 0. The molecule has 3 heteroatoms. The van der Waals surface area contributed by atoms with Gasteiger partial charge in [0.25, 0.3) is 0 Å². The van der Waals surface area contributed by atoms with Gasteiger partial charge in [-0.2, -0.15) is 0 Å². The summed E-state index contributed by atoms with van der Waals surface area (Å²) >= 11 is 0. The van der Waals surface area contributed by atoms with Crippen molar-refractivity contribution in [3.63, 3.8) is 0 Å². The molecule has 1 aliphatic rings. The highest BCUT2D eigenvalue weighted by molar-refractivity contribution is 6.48. The Kier molecular flexibility index (Phi) is 3.89. The SMILES string of the molecule is C=CC(Cc1ccccc1)B1OC(C)(C)C(C)(C)O1. The number of allylic oxidation sites excluding steroid dienone is 1. The summed E-state index contributed by atoms with van der Waals surface area (Å²) in [5, 5.41) is 0. The zero-order valence-electron chi connectivity index (χ0n) is 12.3. The molecule has 0 amide bonds. The van der Waals surface area contributed by atoms with Crippen LogP contribution in [0, 0.1) is 0 Å². The Morgan fingerprint density at radius 2 is 1.63 bits per heavy atom. The summed E-state index contributed by atoms with van der Waals surface area (Å²) in [4.78, 5) is 0. The van der Waals surface area contributed by atoms with Crippen LogP contribution in [0.3, 0.4) is 0 Å². The van der Waals surface area contributed by atoms with Crippen molar-refractivity contribution in [3.05, 3.63) is 48.6 Å². The van der Waals surface area contributed by atoms with Crippen molar-refractivity contribution in [1.82, 2.24) is 0 Å². The van der Waals surface area contributed by atoms with Crippen LogP contribution < -0.4 is 0 Å². The highest BCUT2D eigenvalue weighted by Crippen LogP contribution is 2.40. The second-order valence-corrected chi connectivity index (χ2v) is 6.21. The first-order valence-corrected chi connectivity index (χ1v) is 6.88. The van der Waals surface area contributed by atoms with E-state index in [1.165, 1.54) is 5.56 Å². The van der Waals surface area contributed by atoms with Gasteiger partial charge in [0.2, 0.25) is 0 Å². The standard InChI is InChI=1S/C16H23BO2/c1-6-14(12-13-10-8-7-9-11-13)17-18-15(2,3)16(4,5)19-17/h6-11,14H,1,12H2,2-5H3. The predicted molar refractivity (Wildman–Crippen MR) is 80.2 cm³/mol. The fourth-order valence-electron chi connectivity index (χ4n) is 2.24. The molecule has 1 fully saturated rings. The van der Waals surface area contributed by atoms with Gasteiger partial charge in [-0.05, 0) is 39.7 Å². The molecule has 19 heavy (non-hydrogen) atoms. The maximum absolute atomic E-state index is 6.10. The van der Waals surface area contributed by atoms with Crippen LogP contribution in [0.2, 0.25) is 5.82 Å². The van der Waals surface area contributed by atoms with Crippen LogP contribution >= 0.6 is 0 Å². The van der Waals surface area contributed by atoms with E-state index in [2.05, 4.69) is 58.5 Å². The summed E-state index contributed by atoms with van der Waals surface area (Å²) in [6, 6.07) is 10.4. The average Bonchev–Trinajstić information content (AvgIpc) is 2.56. The lowest BCUT2D eigenvalue weighted by Crippen LogP contribution is -2.41. The highest BCUT2D eigenvalue weighted by atomic mass is 16.7. The minimum atomic E-state index is -0.282. The minimum absolute atomic E-state index is 0.170. The van der Waals surface area contributed by atoms with Gasteiger partial charge in [0.1, 0.15) is 0 Å². The molecule has 0 bridgehead atoms. The molecule has 0 spiro atoms. The third kappa shape index (κ3) is 2.93. The summed E-state index contributed by atoms with van der Waals surface area (Å²) in [6.07, 6.45) is 2.83. The third-order valence-electron chi connectivity index (χ3n) is 4.24. The Balaban J connectivity index is 2.10. The van der Waals surface area contributed by atoms with Gasteiger partial charge in [-0.15, -0.1) is 6.58 Å². The van der Waals surface area contributed by atoms with E-state index in [1.54, 1.807) is 0 Å². The molecule has 0 saturated carbocycles. The van der Waals surface area contributed by atoms with E-state index in [1.807, 2.05) is 12.1 Å². The molecule has 2 rings (SSSR count). The Bertz CT molecular complexity index is 423. The zero-order valence-corrected chi connectivity index (χ0v) is 12.3. The van der Waals surface area contributed by atoms with Crippen molar-refractivity contribution < 1.29 is 9.31 Å². The lowest BCUT2D eigenvalue weighted by molar-refractivity contribution is 0.00578. The Labute approximate surface area is 117 Å². The molecule has 1 aliphatic heterocycles. The Morgan fingerprint density at radius 3 is 2.11 bits per heavy atom. The minimum Gasteiger partial charge on any atom is -0.403 e. The molecule has 0 radical (unpaired) electrons. The molecule has 1 saturated heterocycles. The van der Waals surface area contributed by atoms with Crippen molar-refractivity contribution >= 4 is 7.12 Å². The van der Waals surface area contributed by atoms with Gasteiger partial charge in [0.15, 0.2) is 0 Å². The lowest BCUT2D eigenvalue weighted by Gasteiger charge is -2.32. The second kappa shape index (κ2) is 5.14. The topological polar surface area (TPSA) is 18.5 Å². The normalized spacial score (nSPS) is 22.2. The van der Waals surface area contributed by atoms with Gasteiger partial charge < -0.3 is 9.31 Å². The van der Waals surface area contributed by atoms with E-state index in [9.17, 15) is 0 Å². The smallest absolute Gasteiger partial charge is 0.403 e. The number of hydrogen-bond acceptors (Lipinski definition) is 2. The van der Waals surface area contributed by atoms with Gasteiger partial charge in [-0.25, -0.2) is 0 Å². The van der Waals surface area contributed by atoms with E-state index in [0.29, 0.717) is 0 Å². The van der Waals surface area contributed by atoms with Crippen molar-refractivity contribution in [2.24, 2.45) is 0 Å². The third-order valence-corrected chi connectivity index (χ3v) is 4.24. The molecule has 1 heterocycles. The molecule has 1 atom stereocenters. The van der Waals surface area contributed by atoms with Crippen LogP contribution in [0.1, 0.15) is 33.3 Å². The van der Waals surface area contributed by atoms with Gasteiger partial charge in [-0.3, -0.25) is 0 Å². The molecule has 2 nitrogen and oxygen atoms in total. The van der Waals surface area contributed by atoms with Crippen molar-refractivity contribution in [3.8, 4) is 0 Å². The monoisotopic (exact) mass is 258 g/mol. The van der Waals surface area contributed by atoms with Crippen molar-refractivity contribution in [1.29, 1.82) is 0 Å². The summed E-state index contributed by atoms with van der Waals surface area (Å²) < 4.78 is 12.2. The van der Waals surface area contributed by atoms with Gasteiger partial charge >= 0.3 is 7.12 Å². The molecule has 0 aliphatic carbocycles. The van der Waals surface area contributed by atoms with Crippen LogP contribution in [0.4, 0.5) is 0 Å². The first-order chi connectivity index (χ1) is 8.86. The van der Waals surface area contributed by atoms with Crippen LogP contribution in [-0.4, -0.2) is 18.3 Å². The maximum Gasteiger partial charge on any atom is 0.465 e. The van der Waals surface area contributed by atoms with Gasteiger partial charge in [0.05, 0.1) is 11.2 Å². The molecule has 1 unspecified atom stereocenters. The quantitative estimate of drug-likeness (QED) is 0.602. The summed E-state index contributed by atoms with van der Waals surface area (Å²) in [6.45, 7) is 12.3. The van der Waals surface area contributed by atoms with Crippen LogP contribution in [0.25, 0.3) is 0 Å². The Morgan fingerprint density at radius 1 is 1.11 bits per heavy atom. The van der Waals surface area contributed by atoms with Crippen LogP contribution in [0.15, 0.2) is 43.0 Å². The molecule has 0 N–H and O–H groups in total. The van der Waals surface area contributed by atoms with E-state index in [0.717, 1.165) is 6.42 Å². The molecule has 1 aromatic carbocycles. The first-order valence-electron chi connectivity index (χ1n) is 6.88. The lowest BCUT2D eigenvalue weighted by atomic mass is 9.69. The van der Waals surface area contributed by atoms with E-state index < -0.39 is 0 Å². The Hall–Kier alpha value is -1.06. The zero-order chi connectivity index (χ0) is 14.1. The maximum atomic E-state index is 6.10. The molecule has 0 aromatic heterocycles.